The highest BCUT2D eigenvalue weighted by Gasteiger charge is 2.14. The second kappa shape index (κ2) is 6.69. The molecule has 21 heavy (non-hydrogen) atoms. The standard InChI is InChI=1S/C13H14Cl2N4O2/c1-2-10-11(6-17-13(16)20)18-19-12(10)21-9-4-7(14)3-8(15)5-9/h3-5H,2,6H2,1H3,(H,18,19)(H3,16,17,20). The lowest BCUT2D eigenvalue weighted by molar-refractivity contribution is 0.248. The predicted molar refractivity (Wildman–Crippen MR) is 80.9 cm³/mol. The van der Waals surface area contributed by atoms with Crippen LogP contribution >= 0.6 is 23.2 Å². The molecule has 0 aliphatic carbocycles. The molecule has 1 aromatic carbocycles. The van der Waals surface area contributed by atoms with E-state index in [2.05, 4.69) is 15.5 Å². The van der Waals surface area contributed by atoms with Crippen molar-refractivity contribution in [2.24, 2.45) is 5.73 Å². The Bertz CT molecular complexity index is 637. The van der Waals surface area contributed by atoms with E-state index in [1.54, 1.807) is 18.2 Å². The molecule has 0 aliphatic heterocycles. The number of aromatic amines is 1. The highest BCUT2D eigenvalue weighted by atomic mass is 35.5. The number of halogens is 2. The van der Waals surface area contributed by atoms with Gasteiger partial charge in [0.05, 0.1) is 12.2 Å². The normalized spacial score (nSPS) is 10.4. The van der Waals surface area contributed by atoms with E-state index in [4.69, 9.17) is 33.7 Å². The number of carbonyl (C=O) groups is 1. The van der Waals surface area contributed by atoms with Gasteiger partial charge in [-0.05, 0) is 24.6 Å². The van der Waals surface area contributed by atoms with Gasteiger partial charge in [0.1, 0.15) is 5.75 Å². The number of amides is 2. The van der Waals surface area contributed by atoms with Crippen molar-refractivity contribution in [3.8, 4) is 11.6 Å². The number of nitrogens with one attached hydrogen (secondary N) is 2. The molecule has 8 heteroatoms. The number of nitrogens with two attached hydrogens (primary N) is 1. The molecule has 0 fully saturated rings. The Kier molecular flexibility index (Phi) is 4.93. The maximum absolute atomic E-state index is 10.8. The van der Waals surface area contributed by atoms with Crippen LogP contribution in [-0.4, -0.2) is 16.2 Å². The summed E-state index contributed by atoms with van der Waals surface area (Å²) in [5.74, 6) is 0.903. The van der Waals surface area contributed by atoms with E-state index in [9.17, 15) is 4.79 Å². The van der Waals surface area contributed by atoms with Crippen molar-refractivity contribution in [2.75, 3.05) is 0 Å². The molecule has 0 atom stereocenters. The molecular weight excluding hydrogens is 315 g/mol. The van der Waals surface area contributed by atoms with E-state index in [0.29, 0.717) is 28.1 Å². The molecule has 2 amide bonds. The highest BCUT2D eigenvalue weighted by molar-refractivity contribution is 6.34. The number of ether oxygens (including phenoxy) is 1. The molecular formula is C13H14Cl2N4O2. The molecule has 2 aromatic rings. The lowest BCUT2D eigenvalue weighted by Gasteiger charge is -2.06. The monoisotopic (exact) mass is 328 g/mol. The molecule has 1 heterocycles. The lowest BCUT2D eigenvalue weighted by atomic mass is 10.2. The Hall–Kier alpha value is -1.92. The van der Waals surface area contributed by atoms with Crippen LogP contribution in [0, 0.1) is 0 Å². The van der Waals surface area contributed by atoms with Crippen molar-refractivity contribution >= 4 is 29.2 Å². The van der Waals surface area contributed by atoms with E-state index >= 15 is 0 Å². The summed E-state index contributed by atoms with van der Waals surface area (Å²) >= 11 is 11.9. The van der Waals surface area contributed by atoms with Gasteiger partial charge in [-0.25, -0.2) is 4.79 Å². The van der Waals surface area contributed by atoms with Gasteiger partial charge in [0.15, 0.2) is 0 Å². The van der Waals surface area contributed by atoms with Gasteiger partial charge in [0, 0.05) is 15.6 Å². The molecule has 0 aliphatic rings. The number of primary amides is 1. The zero-order chi connectivity index (χ0) is 15.4. The first kappa shape index (κ1) is 15.5. The molecule has 4 N–H and O–H groups in total. The van der Waals surface area contributed by atoms with Crippen LogP contribution < -0.4 is 15.8 Å². The van der Waals surface area contributed by atoms with Gasteiger partial charge < -0.3 is 15.8 Å². The van der Waals surface area contributed by atoms with Crippen molar-refractivity contribution in [3.05, 3.63) is 39.5 Å². The van der Waals surface area contributed by atoms with Crippen molar-refractivity contribution in [1.29, 1.82) is 0 Å². The first-order valence-corrected chi connectivity index (χ1v) is 6.98. The topological polar surface area (TPSA) is 93.0 Å². The van der Waals surface area contributed by atoms with Crippen LogP contribution in [0.5, 0.6) is 11.6 Å². The van der Waals surface area contributed by atoms with Crippen molar-refractivity contribution in [2.45, 2.75) is 19.9 Å². The van der Waals surface area contributed by atoms with Gasteiger partial charge in [-0.1, -0.05) is 30.1 Å². The Balaban J connectivity index is 2.21. The second-order valence-electron chi connectivity index (χ2n) is 4.26. The van der Waals surface area contributed by atoms with Crippen LogP contribution in [-0.2, 0) is 13.0 Å². The molecule has 0 spiro atoms. The summed E-state index contributed by atoms with van der Waals surface area (Å²) < 4.78 is 5.69. The molecule has 0 saturated heterocycles. The van der Waals surface area contributed by atoms with Gasteiger partial charge in [0.2, 0.25) is 5.88 Å². The Labute approximate surface area is 131 Å². The van der Waals surface area contributed by atoms with Crippen LogP contribution in [0.4, 0.5) is 4.79 Å². The molecule has 2 rings (SSSR count). The minimum Gasteiger partial charge on any atom is -0.437 e. The van der Waals surface area contributed by atoms with Gasteiger partial charge in [0.25, 0.3) is 0 Å². The van der Waals surface area contributed by atoms with E-state index in [1.807, 2.05) is 6.92 Å². The third kappa shape index (κ3) is 4.03. The van der Waals surface area contributed by atoms with Crippen molar-refractivity contribution in [3.63, 3.8) is 0 Å². The number of urea groups is 1. The molecule has 112 valence electrons. The average Bonchev–Trinajstić information content (AvgIpc) is 2.77. The van der Waals surface area contributed by atoms with Gasteiger partial charge in [-0.2, -0.15) is 0 Å². The van der Waals surface area contributed by atoms with E-state index in [1.165, 1.54) is 0 Å². The SMILES string of the molecule is CCc1c(Oc2cc(Cl)cc(Cl)c2)n[nH]c1CNC(N)=O. The van der Waals surface area contributed by atoms with Gasteiger partial charge >= 0.3 is 6.03 Å². The van der Waals surface area contributed by atoms with Gasteiger partial charge in [-0.15, -0.1) is 5.10 Å². The minimum absolute atomic E-state index is 0.255. The molecule has 0 saturated carbocycles. The van der Waals surface area contributed by atoms with Gasteiger partial charge in [-0.3, -0.25) is 5.10 Å². The summed E-state index contributed by atoms with van der Waals surface area (Å²) in [6.07, 6.45) is 0.676. The second-order valence-corrected chi connectivity index (χ2v) is 5.14. The van der Waals surface area contributed by atoms with Crippen molar-refractivity contribution in [1.82, 2.24) is 15.5 Å². The van der Waals surface area contributed by atoms with E-state index < -0.39 is 6.03 Å². The maximum Gasteiger partial charge on any atom is 0.312 e. The fourth-order valence-corrected chi connectivity index (χ4v) is 2.36. The summed E-state index contributed by atoms with van der Waals surface area (Å²) in [6.45, 7) is 2.21. The first-order valence-electron chi connectivity index (χ1n) is 6.23. The third-order valence-electron chi connectivity index (χ3n) is 2.76. The number of nitrogens with zero attached hydrogens (tertiary/aromatic N) is 1. The quantitative estimate of drug-likeness (QED) is 0.786. The first-order chi connectivity index (χ1) is 9.99. The van der Waals surface area contributed by atoms with E-state index in [0.717, 1.165) is 11.3 Å². The lowest BCUT2D eigenvalue weighted by Crippen LogP contribution is -2.29. The number of carbonyl (C=O) groups excluding carboxylic acids is 1. The van der Waals surface area contributed by atoms with Crippen LogP contribution in [0.1, 0.15) is 18.2 Å². The van der Waals surface area contributed by atoms with E-state index in [-0.39, 0.29) is 6.54 Å². The predicted octanol–water partition coefficient (Wildman–Crippen LogP) is 3.24. The molecule has 1 aromatic heterocycles. The smallest absolute Gasteiger partial charge is 0.312 e. The Morgan fingerprint density at radius 2 is 2.05 bits per heavy atom. The fourth-order valence-electron chi connectivity index (χ4n) is 1.85. The number of hydrogen-bond acceptors (Lipinski definition) is 3. The Morgan fingerprint density at radius 1 is 1.38 bits per heavy atom. The number of aromatic nitrogens is 2. The minimum atomic E-state index is -0.601. The van der Waals surface area contributed by atoms with Crippen LogP contribution in [0.3, 0.4) is 0 Å². The average molecular weight is 329 g/mol. The maximum atomic E-state index is 10.8. The van der Waals surface area contributed by atoms with Crippen LogP contribution in [0.15, 0.2) is 18.2 Å². The molecule has 6 nitrogen and oxygen atoms in total. The summed E-state index contributed by atoms with van der Waals surface area (Å²) in [5, 5.41) is 10.4. The highest BCUT2D eigenvalue weighted by Crippen LogP contribution is 2.30. The molecule has 0 bridgehead atoms. The largest absolute Gasteiger partial charge is 0.437 e. The number of rotatable bonds is 5. The fraction of sp³-hybridized carbons (Fsp3) is 0.231. The van der Waals surface area contributed by atoms with Crippen LogP contribution in [0.25, 0.3) is 0 Å². The molecule has 0 radical (unpaired) electrons. The number of hydrogen-bond donors (Lipinski definition) is 3. The number of benzene rings is 1. The summed E-state index contributed by atoms with van der Waals surface area (Å²) in [4.78, 5) is 10.8. The zero-order valence-corrected chi connectivity index (χ0v) is 12.8. The van der Waals surface area contributed by atoms with Crippen LogP contribution in [0.2, 0.25) is 10.0 Å². The summed E-state index contributed by atoms with van der Waals surface area (Å²) in [6, 6.07) is 4.30. The molecule has 0 unspecified atom stereocenters. The third-order valence-corrected chi connectivity index (χ3v) is 3.19. The summed E-state index contributed by atoms with van der Waals surface area (Å²) in [5.41, 5.74) is 6.63. The van der Waals surface area contributed by atoms with Crippen molar-refractivity contribution < 1.29 is 9.53 Å². The number of H-pyrrole nitrogens is 1. The summed E-state index contributed by atoms with van der Waals surface area (Å²) in [7, 11) is 0. The zero-order valence-electron chi connectivity index (χ0n) is 11.2. The Morgan fingerprint density at radius 3 is 2.62 bits per heavy atom.